The van der Waals surface area contributed by atoms with Gasteiger partial charge in [-0.3, -0.25) is 0 Å². The molecule has 0 saturated carbocycles. The van der Waals surface area contributed by atoms with Crippen LogP contribution in [0.15, 0.2) is 24.3 Å². The van der Waals surface area contributed by atoms with Gasteiger partial charge in [-0.05, 0) is 116 Å². The molecule has 134 heavy (non-hydrogen) atoms. The molecule has 784 valence electrons. The Morgan fingerprint density at radius 3 is 0.507 bits per heavy atom. The fraction of sp³-hybridized carbons (Fsp3) is 0.886. The Bertz CT molecular complexity index is 2350. The Balaban J connectivity index is -0.000000128. The van der Waals surface area contributed by atoms with E-state index in [-0.39, 0.29) is 146 Å². The van der Waals surface area contributed by atoms with E-state index in [1.54, 1.807) is 27.7 Å². The number of carboxylic acid groups (broad SMARTS) is 8. The summed E-state index contributed by atoms with van der Waals surface area (Å²) in [5.41, 5.74) is -1.29. The van der Waals surface area contributed by atoms with E-state index >= 15 is 0 Å². The minimum Gasteiger partial charge on any atom is -0.550 e. The summed E-state index contributed by atoms with van der Waals surface area (Å²) in [5, 5.41) is 169. The molecule has 0 aromatic heterocycles. The number of carbonyl (C=O) groups is 8. The van der Waals surface area contributed by atoms with Crippen LogP contribution < -0.4 is 40.9 Å². The molecule has 0 radical (unpaired) electrons. The molecule has 0 rings (SSSR count). The van der Waals surface area contributed by atoms with Gasteiger partial charge in [0.15, 0.2) is 0 Å². The first-order valence-corrected chi connectivity index (χ1v) is 51.5. The third-order valence-electron chi connectivity index (χ3n) is 22.7. The Morgan fingerprint density at radius 1 is 0.231 bits per heavy atom. The van der Waals surface area contributed by atoms with E-state index in [0.29, 0.717) is 0 Å². The third-order valence-corrected chi connectivity index (χ3v) is 22.7. The molecule has 29 heteroatoms. The van der Waals surface area contributed by atoms with Crippen LogP contribution in [-0.2, 0) is 38.4 Å². The molecule has 0 saturated heterocycles. The summed E-state index contributed by atoms with van der Waals surface area (Å²) in [6.45, 7) is 18.5. The van der Waals surface area contributed by atoms with Crippen molar-refractivity contribution in [3.05, 3.63) is 24.3 Å². The van der Waals surface area contributed by atoms with Crippen LogP contribution in [0.1, 0.15) is 526 Å². The van der Waals surface area contributed by atoms with Gasteiger partial charge in [0.25, 0.3) is 0 Å². The van der Waals surface area contributed by atoms with E-state index in [1.807, 2.05) is 0 Å². The SMILES string of the molecule is C.CCCCCCC(C)(C)C(=O)[O-].CCCCCCC(C)(C)C(=O)[O-].CCCCCCCC/C=C\CCCCCCCC(=O)[O-].CCCCCCCC/C=C\CCCCCCCC(=O)[O-].CCCCCCCCCCCCCCCCCC(=O)[O-].CCCCCCCCCCCCCCCCCC(=O)[O-].O=C([O-])[C@H](O)[C@@H](O)[C@H](O)[C@H](O)CO.O=C([O-])[C@H](O)[C@@H](O)[C@H](O)[C@H](O)CO.[Ca+2].[Ca+2].[Ca+2]. The molecule has 0 aliphatic rings. The van der Waals surface area contributed by atoms with Crippen LogP contribution >= 0.6 is 0 Å². The van der Waals surface area contributed by atoms with E-state index in [4.69, 9.17) is 51.1 Å². The normalized spacial score (nSPS) is 12.6. The van der Waals surface area contributed by atoms with Crippen LogP contribution in [-0.4, -0.2) is 274 Å². The molecule has 26 nitrogen and oxygen atoms in total. The zero-order chi connectivity index (χ0) is 100.0. The molecular formula is C105H200Ca3O26-2. The fourth-order valence-electron chi connectivity index (χ4n) is 13.5. The van der Waals surface area contributed by atoms with Crippen molar-refractivity contribution in [2.45, 2.75) is 575 Å². The molecule has 0 heterocycles. The monoisotopic (exact) mass is 2000 g/mol. The molecule has 0 amide bonds. The summed E-state index contributed by atoms with van der Waals surface area (Å²) in [5.74, 6) is -9.45. The second kappa shape index (κ2) is 124. The summed E-state index contributed by atoms with van der Waals surface area (Å²) in [7, 11) is 0. The van der Waals surface area contributed by atoms with Crippen LogP contribution in [0.3, 0.4) is 0 Å². The second-order valence-electron chi connectivity index (χ2n) is 36.5. The van der Waals surface area contributed by atoms with Crippen LogP contribution in [0, 0.1) is 10.8 Å². The number of unbranched alkanes of at least 4 members (excludes halogenated alkanes) is 56. The van der Waals surface area contributed by atoms with Gasteiger partial charge in [-0.2, -0.15) is 0 Å². The molecule has 10 N–H and O–H groups in total. The maximum absolute atomic E-state index is 10.6. The molecule has 0 spiro atoms. The van der Waals surface area contributed by atoms with Gasteiger partial charge < -0.3 is 130 Å². The first-order chi connectivity index (χ1) is 61.9. The number of rotatable bonds is 84. The molecule has 0 aromatic carbocycles. The summed E-state index contributed by atoms with van der Waals surface area (Å²) in [6.07, 6.45) is 75.8. The molecular weight excluding hydrogens is 1800 g/mol. The maximum atomic E-state index is 10.6. The van der Waals surface area contributed by atoms with Crippen molar-refractivity contribution < 1.29 is 130 Å². The number of allylic oxidation sites excluding steroid dienone is 4. The summed E-state index contributed by atoms with van der Waals surface area (Å²) < 4.78 is 0. The maximum Gasteiger partial charge on any atom is 2.00 e. The van der Waals surface area contributed by atoms with Gasteiger partial charge in [0, 0.05) is 46.6 Å². The number of carbonyl (C=O) groups excluding carboxylic acids is 8. The average molecular weight is 2000 g/mol. The predicted molar refractivity (Wildman–Crippen MR) is 529 cm³/mol. The van der Waals surface area contributed by atoms with Crippen molar-refractivity contribution in [1.29, 1.82) is 0 Å². The molecule has 0 fully saturated rings. The minimum absolute atomic E-state index is 0. The van der Waals surface area contributed by atoms with Gasteiger partial charge in [-0.15, -0.1) is 0 Å². The predicted octanol–water partition coefficient (Wildman–Crippen LogP) is 12.8. The molecule has 8 atom stereocenters. The van der Waals surface area contributed by atoms with E-state index < -0.39 is 121 Å². The molecule has 0 aliphatic heterocycles. The van der Waals surface area contributed by atoms with E-state index in [9.17, 15) is 79.2 Å². The smallest absolute Gasteiger partial charge is 0.550 e. The van der Waals surface area contributed by atoms with Gasteiger partial charge in [0.05, 0.1) is 25.2 Å². The van der Waals surface area contributed by atoms with Gasteiger partial charge in [-0.25, -0.2) is 0 Å². The van der Waals surface area contributed by atoms with Crippen molar-refractivity contribution in [1.82, 2.24) is 0 Å². The van der Waals surface area contributed by atoms with Crippen molar-refractivity contribution in [3.63, 3.8) is 0 Å². The summed E-state index contributed by atoms with van der Waals surface area (Å²) >= 11 is 0. The van der Waals surface area contributed by atoms with Crippen LogP contribution in [0.2, 0.25) is 0 Å². The van der Waals surface area contributed by atoms with E-state index in [2.05, 4.69) is 65.8 Å². The number of hydrogen-bond donors (Lipinski definition) is 10. The third kappa shape index (κ3) is 133. The number of hydrogen-bond acceptors (Lipinski definition) is 26. The van der Waals surface area contributed by atoms with Gasteiger partial charge in [-0.1, -0.05) is 435 Å². The number of aliphatic hydroxyl groups excluding tert-OH is 10. The van der Waals surface area contributed by atoms with Crippen LogP contribution in [0.25, 0.3) is 0 Å². The van der Waals surface area contributed by atoms with Crippen molar-refractivity contribution in [3.8, 4) is 0 Å². The average Bonchev–Trinajstić information content (AvgIpc) is 0.887. The first-order valence-electron chi connectivity index (χ1n) is 51.5. The van der Waals surface area contributed by atoms with Crippen molar-refractivity contribution in [2.75, 3.05) is 13.2 Å². The van der Waals surface area contributed by atoms with Gasteiger partial charge in [0.1, 0.15) is 48.8 Å². The van der Waals surface area contributed by atoms with E-state index in [1.165, 1.54) is 321 Å². The topological polar surface area (TPSA) is 523 Å². The number of aliphatic hydroxyl groups is 10. The van der Waals surface area contributed by atoms with Gasteiger partial charge >= 0.3 is 113 Å². The van der Waals surface area contributed by atoms with Crippen LogP contribution in [0.5, 0.6) is 0 Å². The standard InChI is InChI=1S/2C18H36O2.2C18H34O2.2C10H20O2.2C6H12O7.CH4.3Ca/c4*1-2-3-4-5-6-7-8-9-10-11-12-13-14-15-16-17-18(19)20;2*1-4-5-6-7-8-10(2,3)9(11)12;2*7-1-2(8)3(9)4(10)5(11)6(12)13;;;;/h2*2-17H2,1H3,(H,19,20);2*9-10H,2-8,11-17H2,1H3,(H,19,20);2*4-8H2,1-3H3,(H,11,12);2*2-5,7-11H,1H2,(H,12,13);1H4;;;/q;;;;;;;;;3*+2/p-8/b;;2*10-9-;;;;;;;;/t;;;;;;2*2-,3-,4+,5-;;;;/m......11..../s1. The molecule has 0 bridgehead atoms. The quantitative estimate of drug-likeness (QED) is 0.0154. The van der Waals surface area contributed by atoms with Crippen molar-refractivity contribution >= 4 is 161 Å². The zero-order valence-corrected chi connectivity index (χ0v) is 92.6. The Hall–Kier alpha value is -1.38. The summed E-state index contributed by atoms with van der Waals surface area (Å²) in [6, 6.07) is 0. The van der Waals surface area contributed by atoms with Crippen molar-refractivity contribution in [2.24, 2.45) is 10.8 Å². The van der Waals surface area contributed by atoms with E-state index in [0.717, 1.165) is 103 Å². The van der Waals surface area contributed by atoms with Crippen LogP contribution in [0.4, 0.5) is 0 Å². The Morgan fingerprint density at radius 2 is 0.373 bits per heavy atom. The number of carboxylic acids is 8. The molecule has 0 aliphatic carbocycles. The summed E-state index contributed by atoms with van der Waals surface area (Å²) in [4.78, 5) is 82.0. The molecule has 0 aromatic rings. The van der Waals surface area contributed by atoms with Gasteiger partial charge in [0.2, 0.25) is 0 Å². The molecule has 0 unspecified atom stereocenters. The minimum atomic E-state index is -2.31. The first kappa shape index (κ1) is 158. The Labute approximate surface area is 905 Å². The zero-order valence-electron chi connectivity index (χ0n) is 86.0. The Kier molecular flexibility index (Phi) is 146. The number of aliphatic carboxylic acids is 8. The largest absolute Gasteiger partial charge is 2.00 e. The second-order valence-corrected chi connectivity index (χ2v) is 36.5. The fourth-order valence-corrected chi connectivity index (χ4v) is 13.5.